The SMILES string of the molecule is CO[C@H]1CN(C)C(=O)c2cccc(C#N)c2OCC[C@@H]2CC[C@@H](OC)[C@H](CN(C)C(=O)[C@@H]1C)O2. The van der Waals surface area contributed by atoms with Crippen LogP contribution in [0.25, 0.3) is 0 Å². The van der Waals surface area contributed by atoms with Gasteiger partial charge in [-0.25, -0.2) is 0 Å². The molecule has 1 saturated heterocycles. The van der Waals surface area contributed by atoms with Crippen LogP contribution in [-0.4, -0.2) is 94.0 Å². The highest BCUT2D eigenvalue weighted by Crippen LogP contribution is 2.28. The molecular formula is C25H35N3O6. The molecule has 0 spiro atoms. The van der Waals surface area contributed by atoms with E-state index in [0.29, 0.717) is 30.7 Å². The van der Waals surface area contributed by atoms with Crippen molar-refractivity contribution in [1.29, 1.82) is 5.26 Å². The average Bonchev–Trinajstić information content (AvgIpc) is 2.85. The fourth-order valence-corrected chi connectivity index (χ4v) is 4.68. The lowest BCUT2D eigenvalue weighted by atomic mass is 9.97. The maximum atomic E-state index is 13.3. The Morgan fingerprint density at radius 1 is 1.03 bits per heavy atom. The zero-order valence-electron chi connectivity index (χ0n) is 20.7. The number of rotatable bonds is 2. The largest absolute Gasteiger partial charge is 0.491 e. The van der Waals surface area contributed by atoms with Crippen LogP contribution in [0.4, 0.5) is 0 Å². The number of fused-ring (bicyclic) bond motifs is 3. The van der Waals surface area contributed by atoms with Crippen LogP contribution in [0, 0.1) is 17.2 Å². The number of para-hydroxylation sites is 1. The zero-order chi connectivity index (χ0) is 24.8. The molecule has 2 aliphatic heterocycles. The van der Waals surface area contributed by atoms with Gasteiger partial charge in [-0.05, 0) is 25.0 Å². The lowest BCUT2D eigenvalue weighted by Crippen LogP contribution is -2.50. The second-order valence-corrected chi connectivity index (χ2v) is 9.05. The number of hydrogen-bond acceptors (Lipinski definition) is 7. The number of ether oxygens (including phenoxy) is 4. The van der Waals surface area contributed by atoms with Gasteiger partial charge in [-0.2, -0.15) is 5.26 Å². The first kappa shape index (κ1) is 25.9. The minimum atomic E-state index is -0.515. The van der Waals surface area contributed by atoms with E-state index >= 15 is 0 Å². The first-order chi connectivity index (χ1) is 16.3. The number of benzene rings is 1. The quantitative estimate of drug-likeness (QED) is 0.648. The second-order valence-electron chi connectivity index (χ2n) is 9.05. The Morgan fingerprint density at radius 3 is 2.44 bits per heavy atom. The van der Waals surface area contributed by atoms with E-state index in [1.165, 1.54) is 12.0 Å². The van der Waals surface area contributed by atoms with Crippen molar-refractivity contribution in [2.24, 2.45) is 5.92 Å². The molecule has 2 bridgehead atoms. The first-order valence-corrected chi connectivity index (χ1v) is 11.7. The zero-order valence-corrected chi connectivity index (χ0v) is 20.7. The van der Waals surface area contributed by atoms with Gasteiger partial charge in [0.25, 0.3) is 5.91 Å². The molecule has 0 saturated carbocycles. The Labute approximate surface area is 201 Å². The molecule has 0 aliphatic carbocycles. The number of nitriles is 1. The van der Waals surface area contributed by atoms with Gasteiger partial charge in [-0.1, -0.05) is 13.0 Å². The van der Waals surface area contributed by atoms with Gasteiger partial charge in [-0.15, -0.1) is 0 Å². The summed E-state index contributed by atoms with van der Waals surface area (Å²) in [5.41, 5.74) is 0.609. The fourth-order valence-electron chi connectivity index (χ4n) is 4.68. The van der Waals surface area contributed by atoms with Crippen molar-refractivity contribution in [2.75, 3.05) is 48.0 Å². The van der Waals surface area contributed by atoms with E-state index in [0.717, 1.165) is 12.8 Å². The van der Waals surface area contributed by atoms with Crippen molar-refractivity contribution in [2.45, 2.75) is 50.6 Å². The first-order valence-electron chi connectivity index (χ1n) is 11.7. The topological polar surface area (TPSA) is 101 Å². The number of carbonyl (C=O) groups is 2. The summed E-state index contributed by atoms with van der Waals surface area (Å²) >= 11 is 0. The van der Waals surface area contributed by atoms with Crippen molar-refractivity contribution in [3.63, 3.8) is 0 Å². The van der Waals surface area contributed by atoms with E-state index in [1.54, 1.807) is 51.2 Å². The average molecular weight is 474 g/mol. The van der Waals surface area contributed by atoms with Gasteiger partial charge >= 0.3 is 0 Å². The van der Waals surface area contributed by atoms with E-state index in [4.69, 9.17) is 18.9 Å². The Balaban J connectivity index is 1.95. The predicted molar refractivity (Wildman–Crippen MR) is 125 cm³/mol. The van der Waals surface area contributed by atoms with Crippen molar-refractivity contribution < 1.29 is 28.5 Å². The molecule has 2 amide bonds. The van der Waals surface area contributed by atoms with Crippen molar-refractivity contribution in [3.05, 3.63) is 29.3 Å². The second kappa shape index (κ2) is 11.6. The lowest BCUT2D eigenvalue weighted by Gasteiger charge is -2.38. The van der Waals surface area contributed by atoms with Crippen molar-refractivity contribution in [3.8, 4) is 11.8 Å². The molecule has 0 radical (unpaired) electrons. The summed E-state index contributed by atoms with van der Waals surface area (Å²) in [6, 6.07) is 7.07. The summed E-state index contributed by atoms with van der Waals surface area (Å²) in [7, 11) is 6.61. The number of hydrogen-bond donors (Lipinski definition) is 0. The standard InChI is InChI=1S/C25H35N3O6/c1-16-21(32-5)14-28(3)25(30)19-8-6-7-17(13-26)23(19)33-12-11-18-9-10-20(31-4)22(34-18)15-27(2)24(16)29/h6-8,16,18,20-22H,9-12,14-15H2,1-5H3/t16-,18+,20-,21+,22+/m1/s1. The number of methoxy groups -OCH3 is 2. The summed E-state index contributed by atoms with van der Waals surface area (Å²) in [6.07, 6.45) is 1.25. The predicted octanol–water partition coefficient (Wildman–Crippen LogP) is 2.08. The number of nitrogens with zero attached hydrogens (tertiary/aromatic N) is 3. The normalized spacial score (nSPS) is 29.2. The minimum absolute atomic E-state index is 0.0759. The van der Waals surface area contributed by atoms with Crippen LogP contribution in [0.15, 0.2) is 18.2 Å². The van der Waals surface area contributed by atoms with Gasteiger partial charge in [0.2, 0.25) is 5.91 Å². The highest BCUT2D eigenvalue weighted by atomic mass is 16.5. The van der Waals surface area contributed by atoms with Gasteiger partial charge < -0.3 is 28.7 Å². The molecule has 1 fully saturated rings. The maximum absolute atomic E-state index is 13.3. The third kappa shape index (κ3) is 5.69. The molecular weight excluding hydrogens is 438 g/mol. The van der Waals surface area contributed by atoms with E-state index in [9.17, 15) is 14.9 Å². The van der Waals surface area contributed by atoms with Crippen LogP contribution in [0.1, 0.15) is 42.1 Å². The molecule has 1 aromatic rings. The summed E-state index contributed by atoms with van der Waals surface area (Å²) < 4.78 is 23.6. The van der Waals surface area contributed by atoms with Gasteiger partial charge in [0.1, 0.15) is 17.9 Å². The Kier molecular flexibility index (Phi) is 8.89. The number of likely N-dealkylation sites (N-methyl/N-ethyl adjacent to an activating group) is 2. The maximum Gasteiger partial charge on any atom is 0.257 e. The molecule has 5 atom stereocenters. The van der Waals surface area contributed by atoms with Gasteiger partial charge in [0, 0.05) is 47.8 Å². The van der Waals surface area contributed by atoms with E-state index in [2.05, 4.69) is 6.07 Å². The Morgan fingerprint density at radius 2 is 1.76 bits per heavy atom. The summed E-state index contributed by atoms with van der Waals surface area (Å²) in [6.45, 7) is 2.70. The molecule has 0 unspecified atom stereocenters. The number of amides is 2. The molecule has 186 valence electrons. The molecule has 9 nitrogen and oxygen atoms in total. The molecule has 9 heteroatoms. The monoisotopic (exact) mass is 473 g/mol. The van der Waals surface area contributed by atoms with E-state index < -0.39 is 12.0 Å². The molecule has 3 rings (SSSR count). The Hall–Kier alpha value is -2.67. The third-order valence-corrected chi connectivity index (χ3v) is 6.79. The van der Waals surface area contributed by atoms with Gasteiger partial charge in [0.15, 0.2) is 0 Å². The molecule has 0 aromatic heterocycles. The van der Waals surface area contributed by atoms with Crippen LogP contribution in [0.5, 0.6) is 5.75 Å². The number of carbonyl (C=O) groups excluding carboxylic acids is 2. The molecule has 0 N–H and O–H groups in total. The van der Waals surface area contributed by atoms with Crippen LogP contribution >= 0.6 is 0 Å². The summed E-state index contributed by atoms with van der Waals surface area (Å²) in [5, 5.41) is 9.60. The molecule has 1 aromatic carbocycles. The summed E-state index contributed by atoms with van der Waals surface area (Å²) in [5.74, 6) is -0.601. The highest BCUT2D eigenvalue weighted by molar-refractivity contribution is 5.97. The molecule has 2 aliphatic rings. The van der Waals surface area contributed by atoms with Crippen molar-refractivity contribution >= 4 is 11.8 Å². The molecule has 34 heavy (non-hydrogen) atoms. The highest BCUT2D eigenvalue weighted by Gasteiger charge is 2.36. The smallest absolute Gasteiger partial charge is 0.257 e. The van der Waals surface area contributed by atoms with Crippen molar-refractivity contribution in [1.82, 2.24) is 9.80 Å². The van der Waals surface area contributed by atoms with E-state index in [-0.39, 0.29) is 42.4 Å². The van der Waals surface area contributed by atoms with Gasteiger partial charge in [0.05, 0.1) is 42.0 Å². The fraction of sp³-hybridized carbons (Fsp3) is 0.640. The van der Waals surface area contributed by atoms with Crippen LogP contribution in [0.3, 0.4) is 0 Å². The van der Waals surface area contributed by atoms with Gasteiger partial charge in [-0.3, -0.25) is 9.59 Å². The van der Waals surface area contributed by atoms with Crippen LogP contribution in [0.2, 0.25) is 0 Å². The Bertz CT molecular complexity index is 916. The van der Waals surface area contributed by atoms with Crippen LogP contribution in [-0.2, 0) is 19.0 Å². The van der Waals surface area contributed by atoms with E-state index in [1.807, 2.05) is 0 Å². The minimum Gasteiger partial charge on any atom is -0.491 e. The molecule has 2 heterocycles. The lowest BCUT2D eigenvalue weighted by molar-refractivity contribution is -0.154. The summed E-state index contributed by atoms with van der Waals surface area (Å²) in [4.78, 5) is 29.7. The third-order valence-electron chi connectivity index (χ3n) is 6.79. The van der Waals surface area contributed by atoms with Crippen LogP contribution < -0.4 is 4.74 Å².